The van der Waals surface area contributed by atoms with Gasteiger partial charge in [0.05, 0.1) is 6.61 Å². The Morgan fingerprint density at radius 3 is 2.75 bits per heavy atom. The largest absolute Gasteiger partial charge is 0.395 e. The van der Waals surface area contributed by atoms with E-state index in [1.807, 2.05) is 0 Å². The van der Waals surface area contributed by atoms with E-state index in [2.05, 4.69) is 5.32 Å². The van der Waals surface area contributed by atoms with Crippen molar-refractivity contribution < 1.29 is 14.7 Å². The predicted molar refractivity (Wildman–Crippen MR) is 76.8 cm³/mol. The predicted octanol–water partition coefficient (Wildman–Crippen LogP) is 2.13. The van der Waals surface area contributed by atoms with E-state index < -0.39 is 0 Å². The number of nitrogens with one attached hydrogen (secondary N) is 1. The average molecular weight is 276 g/mol. The van der Waals surface area contributed by atoms with Gasteiger partial charge in [0, 0.05) is 24.3 Å². The summed E-state index contributed by atoms with van der Waals surface area (Å²) in [6, 6.07) is 6.64. The third-order valence-corrected chi connectivity index (χ3v) is 3.35. The molecule has 5 heteroatoms. The minimum Gasteiger partial charge on any atom is -0.395 e. The van der Waals surface area contributed by atoms with E-state index in [4.69, 9.17) is 5.11 Å². The zero-order valence-corrected chi connectivity index (χ0v) is 11.6. The van der Waals surface area contributed by atoms with Gasteiger partial charge in [0.15, 0.2) is 5.78 Å². The quantitative estimate of drug-likeness (QED) is 0.782. The topological polar surface area (TPSA) is 69.6 Å². The van der Waals surface area contributed by atoms with Crippen LogP contribution in [0.25, 0.3) is 0 Å². The van der Waals surface area contributed by atoms with E-state index in [1.165, 1.54) is 6.92 Å². The molecule has 0 aliphatic heterocycles. The highest BCUT2D eigenvalue weighted by Crippen LogP contribution is 2.29. The first-order valence-corrected chi connectivity index (χ1v) is 6.88. The Morgan fingerprint density at radius 2 is 2.15 bits per heavy atom. The molecule has 1 aromatic rings. The molecule has 1 saturated carbocycles. The third kappa shape index (κ3) is 4.06. The number of nitrogens with zero attached hydrogens (tertiary/aromatic N) is 1. The van der Waals surface area contributed by atoms with Crippen molar-refractivity contribution in [3.05, 3.63) is 29.8 Å². The fraction of sp³-hybridized carbons (Fsp3) is 0.467. The van der Waals surface area contributed by atoms with Crippen LogP contribution in [0.15, 0.2) is 24.3 Å². The Balaban J connectivity index is 2.00. The van der Waals surface area contributed by atoms with Gasteiger partial charge in [-0.05, 0) is 37.8 Å². The van der Waals surface area contributed by atoms with E-state index in [0.29, 0.717) is 30.3 Å². The lowest BCUT2D eigenvalue weighted by Gasteiger charge is -2.22. The fourth-order valence-electron chi connectivity index (χ4n) is 2.03. The molecule has 0 atom stereocenters. The highest BCUT2D eigenvalue weighted by molar-refractivity contribution is 5.96. The van der Waals surface area contributed by atoms with Crippen LogP contribution in [0.4, 0.5) is 10.5 Å². The van der Waals surface area contributed by atoms with Crippen LogP contribution in [0.2, 0.25) is 0 Å². The Bertz CT molecular complexity index is 498. The first kappa shape index (κ1) is 14.5. The molecule has 108 valence electrons. The SMILES string of the molecule is CC(=O)c1cccc(NC(=O)N(CCO)CC2CC2)c1. The Labute approximate surface area is 118 Å². The number of carbonyl (C=O) groups is 2. The van der Waals surface area contributed by atoms with Crippen LogP contribution in [-0.4, -0.2) is 41.5 Å². The van der Waals surface area contributed by atoms with Crippen molar-refractivity contribution in [1.82, 2.24) is 4.90 Å². The van der Waals surface area contributed by atoms with Crippen molar-refractivity contribution in [2.75, 3.05) is 25.0 Å². The summed E-state index contributed by atoms with van der Waals surface area (Å²) in [6.45, 7) is 2.45. The standard InChI is InChI=1S/C15H20N2O3/c1-11(19)13-3-2-4-14(9-13)16-15(20)17(7-8-18)10-12-5-6-12/h2-4,9,12,18H,5-8,10H2,1H3,(H,16,20). The van der Waals surface area contributed by atoms with Crippen LogP contribution in [0.1, 0.15) is 30.1 Å². The van der Waals surface area contributed by atoms with Crippen LogP contribution in [0.3, 0.4) is 0 Å². The van der Waals surface area contributed by atoms with Gasteiger partial charge in [0.1, 0.15) is 0 Å². The van der Waals surface area contributed by atoms with Gasteiger partial charge in [-0.25, -0.2) is 4.79 Å². The first-order chi connectivity index (χ1) is 9.60. The lowest BCUT2D eigenvalue weighted by molar-refractivity contribution is 0.101. The molecule has 0 saturated heterocycles. The zero-order chi connectivity index (χ0) is 14.5. The maximum atomic E-state index is 12.2. The molecule has 1 aliphatic carbocycles. The second-order valence-corrected chi connectivity index (χ2v) is 5.18. The number of rotatable bonds is 6. The summed E-state index contributed by atoms with van der Waals surface area (Å²) in [7, 11) is 0. The normalized spacial score (nSPS) is 13.9. The number of hydrogen-bond acceptors (Lipinski definition) is 3. The van der Waals surface area contributed by atoms with Crippen LogP contribution < -0.4 is 5.32 Å². The van der Waals surface area contributed by atoms with Crippen molar-refractivity contribution in [2.45, 2.75) is 19.8 Å². The summed E-state index contributed by atoms with van der Waals surface area (Å²) in [6.07, 6.45) is 2.30. The molecule has 0 radical (unpaired) electrons. The van der Waals surface area contributed by atoms with Crippen molar-refractivity contribution in [3.63, 3.8) is 0 Å². The van der Waals surface area contributed by atoms with Gasteiger partial charge >= 0.3 is 6.03 Å². The molecule has 1 aromatic carbocycles. The lowest BCUT2D eigenvalue weighted by Crippen LogP contribution is -2.38. The van der Waals surface area contributed by atoms with Gasteiger partial charge in [-0.3, -0.25) is 4.79 Å². The van der Waals surface area contributed by atoms with E-state index in [-0.39, 0.29) is 18.4 Å². The van der Waals surface area contributed by atoms with Crippen molar-refractivity contribution in [2.24, 2.45) is 5.92 Å². The molecule has 5 nitrogen and oxygen atoms in total. The monoisotopic (exact) mass is 276 g/mol. The minimum atomic E-state index is -0.230. The zero-order valence-electron chi connectivity index (χ0n) is 11.6. The van der Waals surface area contributed by atoms with E-state index in [1.54, 1.807) is 29.2 Å². The number of aliphatic hydroxyl groups is 1. The maximum Gasteiger partial charge on any atom is 0.321 e. The second kappa shape index (κ2) is 6.52. The molecule has 0 aromatic heterocycles. The molecule has 0 heterocycles. The van der Waals surface area contributed by atoms with Gasteiger partial charge in [-0.2, -0.15) is 0 Å². The van der Waals surface area contributed by atoms with Crippen LogP contribution in [-0.2, 0) is 0 Å². The molecule has 2 rings (SSSR count). The summed E-state index contributed by atoms with van der Waals surface area (Å²) in [5.41, 5.74) is 1.17. The summed E-state index contributed by atoms with van der Waals surface area (Å²) in [5, 5.41) is 11.8. The molecular formula is C15H20N2O3. The molecule has 1 fully saturated rings. The number of ketones is 1. The fourth-order valence-corrected chi connectivity index (χ4v) is 2.03. The summed E-state index contributed by atoms with van der Waals surface area (Å²) < 4.78 is 0. The number of benzene rings is 1. The van der Waals surface area contributed by atoms with Gasteiger partial charge in [-0.1, -0.05) is 12.1 Å². The highest BCUT2D eigenvalue weighted by Gasteiger charge is 2.26. The number of Topliss-reactive ketones (excluding diaryl/α,β-unsaturated/α-hetero) is 1. The minimum absolute atomic E-state index is 0.0358. The maximum absolute atomic E-state index is 12.2. The number of anilines is 1. The Kier molecular flexibility index (Phi) is 4.74. The van der Waals surface area contributed by atoms with Gasteiger partial charge < -0.3 is 15.3 Å². The smallest absolute Gasteiger partial charge is 0.321 e. The van der Waals surface area contributed by atoms with Gasteiger partial charge in [0.2, 0.25) is 0 Å². The number of carbonyl (C=O) groups excluding carboxylic acids is 2. The van der Waals surface area contributed by atoms with Crippen LogP contribution >= 0.6 is 0 Å². The molecule has 1 aliphatic rings. The lowest BCUT2D eigenvalue weighted by atomic mass is 10.1. The molecule has 0 bridgehead atoms. The van der Waals surface area contributed by atoms with Gasteiger partial charge in [-0.15, -0.1) is 0 Å². The van der Waals surface area contributed by atoms with E-state index in [9.17, 15) is 9.59 Å². The van der Waals surface area contributed by atoms with Crippen molar-refractivity contribution >= 4 is 17.5 Å². The van der Waals surface area contributed by atoms with Crippen LogP contribution in [0, 0.1) is 5.92 Å². The molecule has 0 unspecified atom stereocenters. The van der Waals surface area contributed by atoms with Crippen LogP contribution in [0.5, 0.6) is 0 Å². The molecule has 2 N–H and O–H groups in total. The third-order valence-electron chi connectivity index (χ3n) is 3.35. The summed E-state index contributed by atoms with van der Waals surface area (Å²) in [4.78, 5) is 25.1. The summed E-state index contributed by atoms with van der Waals surface area (Å²) in [5.74, 6) is 0.530. The van der Waals surface area contributed by atoms with E-state index in [0.717, 1.165) is 12.8 Å². The molecule has 20 heavy (non-hydrogen) atoms. The number of aliphatic hydroxyl groups excluding tert-OH is 1. The molecule has 2 amide bonds. The first-order valence-electron chi connectivity index (χ1n) is 6.88. The number of hydrogen-bond donors (Lipinski definition) is 2. The van der Waals surface area contributed by atoms with E-state index >= 15 is 0 Å². The Morgan fingerprint density at radius 1 is 1.40 bits per heavy atom. The number of urea groups is 1. The highest BCUT2D eigenvalue weighted by atomic mass is 16.3. The van der Waals surface area contributed by atoms with Gasteiger partial charge in [0.25, 0.3) is 0 Å². The average Bonchev–Trinajstić information content (AvgIpc) is 3.22. The second-order valence-electron chi connectivity index (χ2n) is 5.18. The Hall–Kier alpha value is -1.88. The van der Waals surface area contributed by atoms with Crippen molar-refractivity contribution in [3.8, 4) is 0 Å². The molecular weight excluding hydrogens is 256 g/mol. The number of amides is 2. The summed E-state index contributed by atoms with van der Waals surface area (Å²) >= 11 is 0. The molecule has 0 spiro atoms. The van der Waals surface area contributed by atoms with Crippen molar-refractivity contribution in [1.29, 1.82) is 0 Å².